The largest absolute Gasteiger partial charge is 2.00 e. The van der Waals surface area contributed by atoms with Gasteiger partial charge in [0.1, 0.15) is 0 Å². The first kappa shape index (κ1) is 23.1. The van der Waals surface area contributed by atoms with Crippen LogP contribution in [0.5, 0.6) is 0 Å². The van der Waals surface area contributed by atoms with Crippen LogP contribution < -0.4 is 5.11 Å². The van der Waals surface area contributed by atoms with Crippen molar-refractivity contribution in [3.05, 3.63) is 34.9 Å². The third-order valence-electron chi connectivity index (χ3n) is 6.71. The molecule has 0 amide bonds. The Morgan fingerprint density at radius 3 is 2.52 bits per heavy atom. The number of carbonyl (C=O) groups is 1. The van der Waals surface area contributed by atoms with Crippen LogP contribution in [-0.2, 0) is 26.7 Å². The van der Waals surface area contributed by atoms with Crippen LogP contribution in [0.3, 0.4) is 0 Å². The molecule has 0 unspecified atom stereocenters. The number of rotatable bonds is 4. The van der Waals surface area contributed by atoms with Crippen LogP contribution in [0.25, 0.3) is 0 Å². The molecule has 0 spiro atoms. The fraction of sp³-hybridized carbons (Fsp3) is 0.650. The molecule has 3 atom stereocenters. The second kappa shape index (κ2) is 7.94. The second-order valence-corrected chi connectivity index (χ2v) is 9.98. The van der Waals surface area contributed by atoms with E-state index in [2.05, 4.69) is 32.0 Å². The number of carboxylic acids is 1. The average Bonchev–Trinajstić information content (AvgIpc) is 2.52. The minimum absolute atomic E-state index is 0. The SMILES string of the molecule is CC(C)c1ccc2c(c1)CC[C@H]1[C@@](CS(=O)(=O)[O-])(C(=O)[O-])CCC[C@]21C.[Ca+2]. The molecule has 0 heterocycles. The van der Waals surface area contributed by atoms with Crippen molar-refractivity contribution in [2.24, 2.45) is 11.3 Å². The molecule has 0 N–H and O–H groups in total. The van der Waals surface area contributed by atoms with E-state index in [-0.39, 0.29) is 44.2 Å². The first-order chi connectivity index (χ1) is 12.0. The molecule has 2 aliphatic rings. The van der Waals surface area contributed by atoms with Crippen molar-refractivity contribution < 1.29 is 22.9 Å². The molecule has 0 saturated heterocycles. The number of aliphatic carboxylic acids is 1. The first-order valence-corrected chi connectivity index (χ1v) is 10.9. The fourth-order valence-corrected chi connectivity index (χ4v) is 6.57. The molecule has 27 heavy (non-hydrogen) atoms. The van der Waals surface area contributed by atoms with Gasteiger partial charge in [-0.1, -0.05) is 45.4 Å². The standard InChI is InChI=1S/C20H28O5S.Ca/c1-13(2)14-5-7-16-15(11-14)6-8-17-19(16,3)9-4-10-20(17,18(21)22)12-26(23,24)25;/h5,7,11,13,17H,4,6,8-10,12H2,1-3H3,(H,21,22)(H,23,24,25);/q;+2/p-2/t17-,19-,20-;/m1./s1. The van der Waals surface area contributed by atoms with Gasteiger partial charge in [0, 0.05) is 17.1 Å². The third kappa shape index (κ3) is 4.11. The Morgan fingerprint density at radius 2 is 1.96 bits per heavy atom. The minimum Gasteiger partial charge on any atom is -0.748 e. The van der Waals surface area contributed by atoms with Gasteiger partial charge in [-0.05, 0) is 59.6 Å². The number of benzene rings is 1. The normalized spacial score (nSPS) is 30.2. The molecule has 5 nitrogen and oxygen atoms in total. The Bertz CT molecular complexity index is 835. The van der Waals surface area contributed by atoms with Gasteiger partial charge in [-0.15, -0.1) is 0 Å². The van der Waals surface area contributed by atoms with E-state index in [0.717, 1.165) is 12.0 Å². The van der Waals surface area contributed by atoms with Crippen LogP contribution in [0.15, 0.2) is 18.2 Å². The van der Waals surface area contributed by atoms with E-state index in [9.17, 15) is 22.9 Å². The van der Waals surface area contributed by atoms with Gasteiger partial charge >= 0.3 is 37.7 Å². The van der Waals surface area contributed by atoms with E-state index < -0.39 is 38.6 Å². The van der Waals surface area contributed by atoms with Crippen molar-refractivity contribution in [1.29, 1.82) is 0 Å². The summed E-state index contributed by atoms with van der Waals surface area (Å²) in [6.07, 6.45) is 2.82. The number of carboxylic acid groups (broad SMARTS) is 1. The predicted octanol–water partition coefficient (Wildman–Crippen LogP) is 1.71. The summed E-state index contributed by atoms with van der Waals surface area (Å²) in [5.74, 6) is -2.27. The summed E-state index contributed by atoms with van der Waals surface area (Å²) in [7, 11) is -4.67. The first-order valence-electron chi connectivity index (χ1n) is 9.28. The molecule has 1 fully saturated rings. The van der Waals surface area contributed by atoms with Crippen molar-refractivity contribution in [1.82, 2.24) is 0 Å². The Morgan fingerprint density at radius 1 is 1.30 bits per heavy atom. The molecule has 3 rings (SSSR count). The monoisotopic (exact) mass is 418 g/mol. The second-order valence-electron chi connectivity index (χ2n) is 8.58. The summed E-state index contributed by atoms with van der Waals surface area (Å²) < 4.78 is 34.5. The van der Waals surface area contributed by atoms with Gasteiger partial charge in [0.2, 0.25) is 0 Å². The predicted molar refractivity (Wildman–Crippen MR) is 101 cm³/mol. The van der Waals surface area contributed by atoms with Crippen LogP contribution in [-0.4, -0.2) is 62.4 Å². The van der Waals surface area contributed by atoms with Gasteiger partial charge in [0.15, 0.2) is 0 Å². The quantitative estimate of drug-likeness (QED) is 0.548. The molecular formula is C20H26CaO5S. The zero-order chi connectivity index (χ0) is 19.3. The minimum atomic E-state index is -4.67. The summed E-state index contributed by atoms with van der Waals surface area (Å²) in [6.45, 7) is 6.30. The van der Waals surface area contributed by atoms with Crippen LogP contribution in [0.4, 0.5) is 0 Å². The number of fused-ring (bicyclic) bond motifs is 3. The van der Waals surface area contributed by atoms with Gasteiger partial charge < -0.3 is 14.5 Å². The number of hydrogen-bond acceptors (Lipinski definition) is 5. The summed E-state index contributed by atoms with van der Waals surface area (Å²) in [6, 6.07) is 6.35. The van der Waals surface area contributed by atoms with Gasteiger partial charge in [-0.25, -0.2) is 8.42 Å². The summed E-state index contributed by atoms with van der Waals surface area (Å²) in [5, 5.41) is 12.1. The Labute approximate surface area is 191 Å². The van der Waals surface area contributed by atoms with Gasteiger partial charge in [0.05, 0.1) is 10.1 Å². The number of aryl methyl sites for hydroxylation is 1. The smallest absolute Gasteiger partial charge is 0.748 e. The van der Waals surface area contributed by atoms with E-state index in [1.165, 1.54) is 11.1 Å². The van der Waals surface area contributed by atoms with Crippen molar-refractivity contribution in [2.75, 3.05) is 5.75 Å². The molecule has 0 bridgehead atoms. The van der Waals surface area contributed by atoms with E-state index in [1.807, 2.05) is 6.92 Å². The molecule has 144 valence electrons. The number of hydrogen-bond donors (Lipinski definition) is 0. The van der Waals surface area contributed by atoms with Crippen molar-refractivity contribution in [2.45, 2.75) is 64.2 Å². The molecule has 2 aliphatic carbocycles. The van der Waals surface area contributed by atoms with Crippen molar-refractivity contribution >= 4 is 53.8 Å². The maximum absolute atomic E-state index is 12.1. The van der Waals surface area contributed by atoms with Crippen LogP contribution in [0.2, 0.25) is 0 Å². The molecule has 0 aliphatic heterocycles. The summed E-state index contributed by atoms with van der Waals surface area (Å²) in [5.41, 5.74) is 1.52. The Balaban J connectivity index is 0.00000261. The van der Waals surface area contributed by atoms with Gasteiger partial charge in [0.25, 0.3) is 0 Å². The van der Waals surface area contributed by atoms with Crippen molar-refractivity contribution in [3.8, 4) is 0 Å². The van der Waals surface area contributed by atoms with Crippen molar-refractivity contribution in [3.63, 3.8) is 0 Å². The average molecular weight is 419 g/mol. The molecule has 0 aromatic heterocycles. The Hall–Kier alpha value is -0.140. The van der Waals surface area contributed by atoms with E-state index >= 15 is 0 Å². The molecule has 7 heteroatoms. The molecule has 0 radical (unpaired) electrons. The maximum atomic E-state index is 12.1. The van der Waals surface area contributed by atoms with E-state index in [0.29, 0.717) is 25.2 Å². The maximum Gasteiger partial charge on any atom is 2.00 e. The zero-order valence-electron chi connectivity index (χ0n) is 16.3. The Kier molecular flexibility index (Phi) is 6.81. The molecule has 1 saturated carbocycles. The summed E-state index contributed by atoms with van der Waals surface area (Å²) in [4.78, 5) is 12.1. The number of carbonyl (C=O) groups excluding carboxylic acids is 1. The molecule has 1 aromatic rings. The topological polar surface area (TPSA) is 97.3 Å². The fourth-order valence-electron chi connectivity index (χ4n) is 5.47. The molecule has 1 aromatic carbocycles. The molecular weight excluding hydrogens is 392 g/mol. The zero-order valence-corrected chi connectivity index (χ0v) is 19.3. The van der Waals surface area contributed by atoms with Gasteiger partial charge in [-0.2, -0.15) is 0 Å². The van der Waals surface area contributed by atoms with Crippen LogP contribution >= 0.6 is 0 Å². The summed E-state index contributed by atoms with van der Waals surface area (Å²) >= 11 is 0. The van der Waals surface area contributed by atoms with Crippen LogP contribution in [0, 0.1) is 11.3 Å². The van der Waals surface area contributed by atoms with E-state index in [1.54, 1.807) is 0 Å². The van der Waals surface area contributed by atoms with Gasteiger partial charge in [-0.3, -0.25) is 0 Å². The third-order valence-corrected chi connectivity index (χ3v) is 7.58. The van der Waals surface area contributed by atoms with E-state index in [4.69, 9.17) is 0 Å². The van der Waals surface area contributed by atoms with Crippen LogP contribution in [0.1, 0.15) is 69.1 Å².